The van der Waals surface area contributed by atoms with Gasteiger partial charge in [-0.1, -0.05) is 46.4 Å². The number of benzene rings is 2. The molecule has 0 bridgehead atoms. The first-order valence-electron chi connectivity index (χ1n) is 4.89. The van der Waals surface area contributed by atoms with Crippen LogP contribution < -0.4 is 4.74 Å². The molecule has 2 aromatic carbocycles. The molecule has 0 aliphatic carbocycles. The molecule has 100 valence electrons. The molecule has 1 N–H and O–H groups in total. The summed E-state index contributed by atoms with van der Waals surface area (Å²) in [6, 6.07) is 6.13. The van der Waals surface area contributed by atoms with Crippen LogP contribution in [0, 0.1) is 0 Å². The first kappa shape index (κ1) is 15.1. The van der Waals surface area contributed by atoms with Gasteiger partial charge in [-0.25, -0.2) is 0 Å². The molecular weight excluding hydrogens is 398 g/mol. The Balaban J connectivity index is 2.44. The van der Waals surface area contributed by atoms with Crippen LogP contribution in [0.2, 0.25) is 20.1 Å². The van der Waals surface area contributed by atoms with E-state index in [0.29, 0.717) is 15.8 Å². The van der Waals surface area contributed by atoms with Crippen molar-refractivity contribution in [2.24, 2.45) is 0 Å². The van der Waals surface area contributed by atoms with Crippen molar-refractivity contribution < 1.29 is 9.84 Å². The SMILES string of the molecule is Oc1c(Oc2ccc(Cl)cc2Cl)cc(Cl)c(Cl)c1Br. The highest BCUT2D eigenvalue weighted by Crippen LogP contribution is 2.45. The number of phenols is 1. The standard InChI is InChI=1S/C12H5BrCl4O2/c13-10-11(17)7(16)4-9(12(10)18)19-8-2-1-5(14)3-6(8)15/h1-4,18H. The van der Waals surface area contributed by atoms with Gasteiger partial charge in [0, 0.05) is 11.1 Å². The number of hydrogen-bond acceptors (Lipinski definition) is 2. The van der Waals surface area contributed by atoms with Crippen molar-refractivity contribution in [3.8, 4) is 17.2 Å². The third-order valence-electron chi connectivity index (χ3n) is 2.22. The molecule has 0 heterocycles. The molecule has 0 aliphatic heterocycles. The predicted molar refractivity (Wildman–Crippen MR) is 82.4 cm³/mol. The summed E-state index contributed by atoms with van der Waals surface area (Å²) in [7, 11) is 0. The minimum atomic E-state index is -0.166. The highest BCUT2D eigenvalue weighted by Gasteiger charge is 2.16. The Labute approximate surface area is 137 Å². The molecule has 19 heavy (non-hydrogen) atoms. The first-order valence-corrected chi connectivity index (χ1v) is 7.20. The summed E-state index contributed by atoms with van der Waals surface area (Å²) in [5, 5.41) is 11.2. The number of hydrogen-bond donors (Lipinski definition) is 1. The van der Waals surface area contributed by atoms with Crippen LogP contribution in [0.15, 0.2) is 28.7 Å². The zero-order valence-electron chi connectivity index (χ0n) is 9.05. The summed E-state index contributed by atoms with van der Waals surface area (Å²) in [6.07, 6.45) is 0. The van der Waals surface area contributed by atoms with E-state index in [9.17, 15) is 5.11 Å². The maximum atomic E-state index is 9.93. The summed E-state index contributed by atoms with van der Waals surface area (Å²) in [6.45, 7) is 0. The zero-order chi connectivity index (χ0) is 14.2. The van der Waals surface area contributed by atoms with Gasteiger partial charge >= 0.3 is 0 Å². The molecular formula is C12H5BrCl4O2. The Morgan fingerprint density at radius 3 is 2.26 bits per heavy atom. The molecule has 0 amide bonds. The quantitative estimate of drug-likeness (QED) is 0.576. The number of phenolic OH excluding ortho intramolecular Hbond substituents is 1. The topological polar surface area (TPSA) is 29.5 Å². The summed E-state index contributed by atoms with van der Waals surface area (Å²) in [4.78, 5) is 0. The smallest absolute Gasteiger partial charge is 0.174 e. The van der Waals surface area contributed by atoms with Crippen LogP contribution in [0.3, 0.4) is 0 Å². The molecule has 2 rings (SSSR count). The van der Waals surface area contributed by atoms with Crippen molar-refractivity contribution in [1.29, 1.82) is 0 Å². The molecule has 0 fully saturated rings. The number of aromatic hydroxyl groups is 1. The van der Waals surface area contributed by atoms with Gasteiger partial charge < -0.3 is 9.84 Å². The summed E-state index contributed by atoms with van der Waals surface area (Å²) < 4.78 is 5.75. The maximum absolute atomic E-state index is 9.93. The molecule has 2 nitrogen and oxygen atoms in total. The van der Waals surface area contributed by atoms with Gasteiger partial charge in [0.2, 0.25) is 0 Å². The van der Waals surface area contributed by atoms with Gasteiger partial charge in [0.05, 0.1) is 19.5 Å². The van der Waals surface area contributed by atoms with E-state index in [2.05, 4.69) is 15.9 Å². The molecule has 0 aromatic heterocycles. The lowest BCUT2D eigenvalue weighted by Crippen LogP contribution is -1.88. The third-order valence-corrected chi connectivity index (χ3v) is 4.53. The number of rotatable bonds is 2. The fraction of sp³-hybridized carbons (Fsp3) is 0. The van der Waals surface area contributed by atoms with Gasteiger partial charge in [-0.05, 0) is 34.1 Å². The van der Waals surface area contributed by atoms with Gasteiger partial charge in [-0.15, -0.1) is 0 Å². The molecule has 2 aromatic rings. The van der Waals surface area contributed by atoms with Crippen LogP contribution >= 0.6 is 62.3 Å². The van der Waals surface area contributed by atoms with Crippen molar-refractivity contribution in [2.75, 3.05) is 0 Å². The molecule has 0 aliphatic rings. The lowest BCUT2D eigenvalue weighted by Gasteiger charge is -2.12. The highest BCUT2D eigenvalue weighted by atomic mass is 79.9. The Bertz CT molecular complexity index is 646. The number of halogens is 5. The van der Waals surface area contributed by atoms with Crippen LogP contribution in [0.1, 0.15) is 0 Å². The van der Waals surface area contributed by atoms with Crippen LogP contribution in [-0.4, -0.2) is 5.11 Å². The molecule has 0 spiro atoms. The van der Waals surface area contributed by atoms with Crippen molar-refractivity contribution >= 4 is 62.3 Å². The Kier molecular flexibility index (Phi) is 4.75. The van der Waals surface area contributed by atoms with E-state index in [1.165, 1.54) is 12.1 Å². The fourth-order valence-corrected chi connectivity index (χ4v) is 2.63. The van der Waals surface area contributed by atoms with Gasteiger partial charge in [-0.3, -0.25) is 0 Å². The van der Waals surface area contributed by atoms with Crippen molar-refractivity contribution in [1.82, 2.24) is 0 Å². The van der Waals surface area contributed by atoms with Gasteiger partial charge in [0.1, 0.15) is 5.75 Å². The molecule has 7 heteroatoms. The van der Waals surface area contributed by atoms with Gasteiger partial charge in [-0.2, -0.15) is 0 Å². The van der Waals surface area contributed by atoms with E-state index in [4.69, 9.17) is 51.1 Å². The molecule has 0 saturated carbocycles. The van der Waals surface area contributed by atoms with Gasteiger partial charge in [0.15, 0.2) is 11.5 Å². The van der Waals surface area contributed by atoms with E-state index in [0.717, 1.165) is 0 Å². The average Bonchev–Trinajstić information content (AvgIpc) is 2.36. The minimum absolute atomic E-state index is 0.130. The van der Waals surface area contributed by atoms with Crippen molar-refractivity contribution in [2.45, 2.75) is 0 Å². The molecule has 0 unspecified atom stereocenters. The fourth-order valence-electron chi connectivity index (χ4n) is 1.32. The highest BCUT2D eigenvalue weighted by molar-refractivity contribution is 9.10. The third kappa shape index (κ3) is 3.23. The zero-order valence-corrected chi connectivity index (χ0v) is 13.7. The Morgan fingerprint density at radius 1 is 0.947 bits per heavy atom. The monoisotopic (exact) mass is 400 g/mol. The average molecular weight is 403 g/mol. The Hall–Kier alpha value is -0.320. The maximum Gasteiger partial charge on any atom is 0.174 e. The first-order chi connectivity index (χ1) is 8.90. The van der Waals surface area contributed by atoms with E-state index >= 15 is 0 Å². The largest absolute Gasteiger partial charge is 0.503 e. The summed E-state index contributed by atoms with van der Waals surface area (Å²) >= 11 is 26.7. The van der Waals surface area contributed by atoms with Crippen molar-refractivity contribution in [3.63, 3.8) is 0 Å². The lowest BCUT2D eigenvalue weighted by molar-refractivity contribution is 0.409. The molecule has 0 radical (unpaired) electrons. The van der Waals surface area contributed by atoms with Crippen LogP contribution in [-0.2, 0) is 0 Å². The van der Waals surface area contributed by atoms with E-state index in [-0.39, 0.29) is 26.0 Å². The second-order valence-corrected chi connectivity index (χ2v) is 5.93. The normalized spacial score (nSPS) is 10.6. The molecule has 0 atom stereocenters. The van der Waals surface area contributed by atoms with Crippen LogP contribution in [0.5, 0.6) is 17.2 Å². The van der Waals surface area contributed by atoms with Gasteiger partial charge in [0.25, 0.3) is 0 Å². The molecule has 0 saturated heterocycles. The van der Waals surface area contributed by atoms with E-state index in [1.807, 2.05) is 0 Å². The number of ether oxygens (including phenoxy) is 1. The van der Waals surface area contributed by atoms with E-state index in [1.54, 1.807) is 12.1 Å². The lowest BCUT2D eigenvalue weighted by atomic mass is 10.3. The second-order valence-electron chi connectivity index (χ2n) is 3.51. The van der Waals surface area contributed by atoms with Crippen LogP contribution in [0.25, 0.3) is 0 Å². The van der Waals surface area contributed by atoms with Crippen LogP contribution in [0.4, 0.5) is 0 Å². The summed E-state index contributed by atoms with van der Waals surface area (Å²) in [5.41, 5.74) is 0. The predicted octanol–water partition coefficient (Wildman–Crippen LogP) is 6.56. The summed E-state index contributed by atoms with van der Waals surface area (Å²) in [5.74, 6) is 0.303. The minimum Gasteiger partial charge on any atom is -0.503 e. The van der Waals surface area contributed by atoms with Crippen molar-refractivity contribution in [3.05, 3.63) is 48.8 Å². The Morgan fingerprint density at radius 2 is 1.63 bits per heavy atom. The second kappa shape index (κ2) is 5.98. The van der Waals surface area contributed by atoms with E-state index < -0.39 is 0 Å².